The van der Waals surface area contributed by atoms with Gasteiger partial charge in [0.2, 0.25) is 5.95 Å². The first-order chi connectivity index (χ1) is 23.6. The van der Waals surface area contributed by atoms with E-state index >= 15 is 0 Å². The number of aromatic nitrogens is 3. The molecule has 2 aliphatic heterocycles. The number of hydrogen-bond acceptors (Lipinski definition) is 10. The number of methoxy groups -OCH3 is 1. The molecule has 0 unspecified atom stereocenters. The molecule has 1 aliphatic carbocycles. The number of nitrogens with one attached hydrogen (secondary N) is 2. The van der Waals surface area contributed by atoms with Crippen LogP contribution in [0.25, 0.3) is 10.9 Å². The second-order valence-corrected chi connectivity index (χ2v) is 18.1. The van der Waals surface area contributed by atoms with Gasteiger partial charge in [0.1, 0.15) is 18.7 Å². The lowest BCUT2D eigenvalue weighted by molar-refractivity contribution is 0.0982. The summed E-state index contributed by atoms with van der Waals surface area (Å²) >= 11 is 3.64. The van der Waals surface area contributed by atoms with E-state index in [-0.39, 0.29) is 0 Å². The first kappa shape index (κ1) is 34.2. The number of nitrogens with zero attached hydrogens (tertiary/aromatic N) is 6. The lowest BCUT2D eigenvalue weighted by Crippen LogP contribution is -2.52. The van der Waals surface area contributed by atoms with Crippen LogP contribution in [0.3, 0.4) is 0 Å². The van der Waals surface area contributed by atoms with E-state index in [9.17, 15) is 4.57 Å². The van der Waals surface area contributed by atoms with Gasteiger partial charge in [-0.15, -0.1) is 0 Å². The Kier molecular flexibility index (Phi) is 9.90. The fraction of sp³-hybridized carbons (Fsp3) is 0.486. The number of hydrogen-bond donors (Lipinski definition) is 2. The summed E-state index contributed by atoms with van der Waals surface area (Å²) < 4.78 is 20.3. The van der Waals surface area contributed by atoms with Gasteiger partial charge >= 0.3 is 0 Å². The lowest BCUT2D eigenvalue weighted by atomic mass is 9.99. The molecule has 10 nitrogen and oxygen atoms in total. The number of ether oxygens (including phenoxy) is 1. The molecule has 0 atom stereocenters. The van der Waals surface area contributed by atoms with E-state index in [4.69, 9.17) is 14.7 Å². The topological polar surface area (TPSA) is 98.7 Å². The summed E-state index contributed by atoms with van der Waals surface area (Å²) in [6.45, 7) is 12.6. The minimum atomic E-state index is -2.69. The molecule has 0 radical (unpaired) electrons. The van der Waals surface area contributed by atoms with Crippen LogP contribution >= 0.6 is 23.1 Å². The number of fused-ring (bicyclic) bond motifs is 1. The molecule has 0 spiro atoms. The smallest absolute Gasteiger partial charge is 0.229 e. The summed E-state index contributed by atoms with van der Waals surface area (Å²) in [6, 6.07) is 13.1. The van der Waals surface area contributed by atoms with Crippen LogP contribution in [0.1, 0.15) is 49.8 Å². The van der Waals surface area contributed by atoms with E-state index in [1.165, 1.54) is 50.0 Å². The molecule has 3 aliphatic rings. The minimum Gasteiger partial charge on any atom is -0.494 e. The summed E-state index contributed by atoms with van der Waals surface area (Å²) in [5, 5.41) is 8.58. The molecule has 7 rings (SSSR count). The molecular formula is C37H48BrN8O2P. The van der Waals surface area contributed by atoms with Gasteiger partial charge in [0.25, 0.3) is 0 Å². The van der Waals surface area contributed by atoms with Gasteiger partial charge in [-0.3, -0.25) is 9.88 Å². The summed E-state index contributed by atoms with van der Waals surface area (Å²) in [4.78, 5) is 22.0. The average Bonchev–Trinajstić information content (AvgIpc) is 3.95. The number of halogens is 1. The van der Waals surface area contributed by atoms with E-state index in [0.29, 0.717) is 28.2 Å². The zero-order valence-electron chi connectivity index (χ0n) is 29.3. The molecule has 0 amide bonds. The Morgan fingerprint density at radius 2 is 1.69 bits per heavy atom. The maximum absolute atomic E-state index is 13.7. The third-order valence-electron chi connectivity index (χ3n) is 10.3. The molecule has 2 N–H and O–H groups in total. The summed E-state index contributed by atoms with van der Waals surface area (Å²) in [6.07, 6.45) is 7.37. The van der Waals surface area contributed by atoms with Gasteiger partial charge in [-0.25, -0.2) is 4.98 Å². The van der Waals surface area contributed by atoms with Gasteiger partial charge in [0, 0.05) is 85.6 Å². The largest absolute Gasteiger partial charge is 0.494 e. The van der Waals surface area contributed by atoms with Crippen molar-refractivity contribution in [1.82, 2.24) is 24.8 Å². The van der Waals surface area contributed by atoms with Crippen molar-refractivity contribution >= 4 is 68.1 Å². The maximum atomic E-state index is 13.7. The Bertz CT molecular complexity index is 1880. The maximum Gasteiger partial charge on any atom is 0.229 e. The molecule has 49 heavy (non-hydrogen) atoms. The Hall–Kier alpha value is -3.24. The third-order valence-corrected chi connectivity index (χ3v) is 12.4. The highest BCUT2D eigenvalue weighted by molar-refractivity contribution is 9.10. The molecule has 3 fully saturated rings. The Morgan fingerprint density at radius 3 is 2.37 bits per heavy atom. The standard InChI is InChI=1S/C37H48BrN8O2P/c1-6-24-21-32(34(48-3)22-33(24)46-15-13-26(14-16-46)45-19-17-44(2)18-20-45)42-37-39-23-28(38)36(43-37)41-31-12-11-30-27(35(31)49(4,5)47)9-10-29(40-30)25-7-8-25/h9-12,21-23,25-26H,6-8,13-20H2,1-5H3,(H2,39,41,42,43). The van der Waals surface area contributed by atoms with Gasteiger partial charge in [0.15, 0.2) is 0 Å². The van der Waals surface area contributed by atoms with Crippen LogP contribution in [-0.2, 0) is 11.0 Å². The molecule has 2 saturated heterocycles. The summed E-state index contributed by atoms with van der Waals surface area (Å²) in [5.74, 6) is 2.31. The zero-order valence-corrected chi connectivity index (χ0v) is 31.8. The highest BCUT2D eigenvalue weighted by Gasteiger charge is 2.29. The van der Waals surface area contributed by atoms with Crippen molar-refractivity contribution in [3.8, 4) is 5.75 Å². The molecule has 4 aromatic rings. The van der Waals surface area contributed by atoms with Crippen LogP contribution in [0.15, 0.2) is 47.1 Å². The van der Waals surface area contributed by atoms with E-state index in [0.717, 1.165) is 71.6 Å². The lowest BCUT2D eigenvalue weighted by Gasteiger charge is -2.43. The number of benzene rings is 2. The predicted octanol–water partition coefficient (Wildman–Crippen LogP) is 7.19. The monoisotopic (exact) mass is 746 g/mol. The molecule has 2 aromatic heterocycles. The van der Waals surface area contributed by atoms with Crippen molar-refractivity contribution in [2.24, 2.45) is 0 Å². The molecular weight excluding hydrogens is 699 g/mol. The van der Waals surface area contributed by atoms with Crippen molar-refractivity contribution in [1.29, 1.82) is 0 Å². The van der Waals surface area contributed by atoms with Gasteiger partial charge in [-0.2, -0.15) is 4.98 Å². The van der Waals surface area contributed by atoms with Crippen molar-refractivity contribution in [2.75, 3.05) is 82.3 Å². The zero-order chi connectivity index (χ0) is 34.3. The van der Waals surface area contributed by atoms with Gasteiger partial charge in [0.05, 0.1) is 28.5 Å². The second-order valence-electron chi connectivity index (χ2n) is 14.1. The SMILES string of the molecule is CCc1cc(Nc2ncc(Br)c(Nc3ccc4nc(C5CC5)ccc4c3P(C)(C)=O)n2)c(OC)cc1N1CCC(N2CCN(C)CC2)CC1. The molecule has 12 heteroatoms. The summed E-state index contributed by atoms with van der Waals surface area (Å²) in [7, 11) is 1.24. The number of anilines is 5. The van der Waals surface area contributed by atoms with Crippen molar-refractivity contribution in [3.63, 3.8) is 0 Å². The van der Waals surface area contributed by atoms with Crippen LogP contribution in [0.4, 0.5) is 28.8 Å². The number of piperazine rings is 1. The van der Waals surface area contributed by atoms with Gasteiger partial charge < -0.3 is 29.7 Å². The van der Waals surface area contributed by atoms with E-state index < -0.39 is 7.14 Å². The quantitative estimate of drug-likeness (QED) is 0.162. The fourth-order valence-corrected chi connectivity index (χ4v) is 9.14. The average molecular weight is 748 g/mol. The predicted molar refractivity (Wildman–Crippen MR) is 206 cm³/mol. The van der Waals surface area contributed by atoms with Gasteiger partial charge in [-0.1, -0.05) is 13.0 Å². The van der Waals surface area contributed by atoms with Crippen LogP contribution in [0.2, 0.25) is 0 Å². The van der Waals surface area contributed by atoms with Crippen molar-refractivity contribution < 1.29 is 9.30 Å². The van der Waals surface area contributed by atoms with Crippen LogP contribution in [-0.4, -0.2) is 97.5 Å². The van der Waals surface area contributed by atoms with Crippen LogP contribution in [0, 0.1) is 0 Å². The Morgan fingerprint density at radius 1 is 0.939 bits per heavy atom. The molecule has 1 saturated carbocycles. The number of aryl methyl sites for hydroxylation is 1. The molecule has 0 bridgehead atoms. The third kappa shape index (κ3) is 7.46. The van der Waals surface area contributed by atoms with Crippen LogP contribution < -0.4 is 25.6 Å². The first-order valence-electron chi connectivity index (χ1n) is 17.6. The normalized spacial score (nSPS) is 18.2. The second kappa shape index (κ2) is 14.2. The molecule has 2 aromatic carbocycles. The van der Waals surface area contributed by atoms with E-state index in [2.05, 4.69) is 84.5 Å². The minimum absolute atomic E-state index is 0.432. The van der Waals surface area contributed by atoms with E-state index in [1.807, 2.05) is 12.1 Å². The van der Waals surface area contributed by atoms with Gasteiger partial charge in [-0.05, 0) is 98.2 Å². The fourth-order valence-electron chi connectivity index (χ4n) is 7.37. The number of likely N-dealkylation sites (N-methyl/N-ethyl adjacent to an activating group) is 1. The Labute approximate surface area is 298 Å². The number of piperidine rings is 1. The first-order valence-corrected chi connectivity index (χ1v) is 20.9. The van der Waals surface area contributed by atoms with Crippen molar-refractivity contribution in [3.05, 3.63) is 58.3 Å². The highest BCUT2D eigenvalue weighted by Crippen LogP contribution is 2.44. The summed E-state index contributed by atoms with van der Waals surface area (Å²) in [5.41, 5.74) is 6.07. The number of rotatable bonds is 10. The molecule has 4 heterocycles. The van der Waals surface area contributed by atoms with E-state index in [1.54, 1.807) is 26.6 Å². The highest BCUT2D eigenvalue weighted by atomic mass is 79.9. The number of pyridine rings is 1. The van der Waals surface area contributed by atoms with Crippen molar-refractivity contribution in [2.45, 2.75) is 51.0 Å². The van der Waals surface area contributed by atoms with Crippen LogP contribution in [0.5, 0.6) is 5.75 Å². The molecule has 260 valence electrons. The Balaban J connectivity index is 1.11.